The summed E-state index contributed by atoms with van der Waals surface area (Å²) in [6, 6.07) is 2.04. The third-order valence-electron chi connectivity index (χ3n) is 3.31. The number of rotatable bonds is 2. The van der Waals surface area contributed by atoms with E-state index in [0.29, 0.717) is 23.2 Å². The molecule has 0 atom stereocenters. The minimum atomic E-state index is 0.117. The van der Waals surface area contributed by atoms with Crippen LogP contribution in [-0.2, 0) is 0 Å². The second kappa shape index (κ2) is 4.70. The molecule has 0 amide bonds. The Morgan fingerprint density at radius 2 is 1.90 bits per heavy atom. The lowest BCUT2D eigenvalue weighted by Gasteiger charge is -2.14. The molecule has 0 aliphatic heterocycles. The molecule has 3 aromatic heterocycles. The predicted octanol–water partition coefficient (Wildman–Crippen LogP) is 2.29. The van der Waals surface area contributed by atoms with Crippen molar-refractivity contribution in [3.8, 4) is 5.69 Å². The van der Waals surface area contributed by atoms with Gasteiger partial charge in [0.15, 0.2) is 5.82 Å². The maximum atomic E-state index is 6.24. The van der Waals surface area contributed by atoms with Crippen molar-refractivity contribution in [1.29, 1.82) is 0 Å². The summed E-state index contributed by atoms with van der Waals surface area (Å²) in [4.78, 5) is 8.44. The summed E-state index contributed by atoms with van der Waals surface area (Å²) in [5.74, 6) is 1.11. The Morgan fingerprint density at radius 3 is 2.57 bits per heavy atom. The van der Waals surface area contributed by atoms with Gasteiger partial charge in [0.1, 0.15) is 5.69 Å². The zero-order valence-corrected chi connectivity index (χ0v) is 13.0. The monoisotopic (exact) mass is 305 g/mol. The number of aryl methyl sites for hydroxylation is 2. The highest BCUT2D eigenvalue weighted by Crippen LogP contribution is 2.26. The van der Waals surface area contributed by atoms with Gasteiger partial charge in [0.2, 0.25) is 5.28 Å². The van der Waals surface area contributed by atoms with Crippen LogP contribution in [0.25, 0.3) is 11.5 Å². The van der Waals surface area contributed by atoms with Gasteiger partial charge >= 0.3 is 0 Å². The van der Waals surface area contributed by atoms with Gasteiger partial charge in [-0.1, -0.05) is 13.8 Å². The molecule has 0 aromatic carbocycles. The molecular weight excluding hydrogens is 290 g/mol. The molecule has 0 spiro atoms. The van der Waals surface area contributed by atoms with Gasteiger partial charge in [0.05, 0.1) is 11.4 Å². The summed E-state index contributed by atoms with van der Waals surface area (Å²) in [7, 11) is 0. The summed E-state index contributed by atoms with van der Waals surface area (Å²) in [5, 5.41) is 8.72. The first kappa shape index (κ1) is 13.8. The predicted molar refractivity (Wildman–Crippen MR) is 80.9 cm³/mol. The van der Waals surface area contributed by atoms with Gasteiger partial charge in [0, 0.05) is 5.69 Å². The second-order valence-electron chi connectivity index (χ2n) is 5.30. The minimum Gasteiger partial charge on any atom is -0.382 e. The topological polar surface area (TPSA) is 86.9 Å². The van der Waals surface area contributed by atoms with Crippen molar-refractivity contribution in [1.82, 2.24) is 29.4 Å². The van der Waals surface area contributed by atoms with Crippen LogP contribution < -0.4 is 5.73 Å². The highest BCUT2D eigenvalue weighted by atomic mass is 35.5. The van der Waals surface area contributed by atoms with Crippen molar-refractivity contribution in [2.75, 3.05) is 5.73 Å². The Hall–Kier alpha value is -2.15. The summed E-state index contributed by atoms with van der Waals surface area (Å²) in [6.07, 6.45) is 0. The molecule has 0 fully saturated rings. The van der Waals surface area contributed by atoms with E-state index in [-0.39, 0.29) is 5.28 Å². The first-order chi connectivity index (χ1) is 9.88. The summed E-state index contributed by atoms with van der Waals surface area (Å²) in [5.41, 5.74) is 9.67. The number of hydrogen-bond donors (Lipinski definition) is 1. The molecule has 21 heavy (non-hydrogen) atoms. The van der Waals surface area contributed by atoms with E-state index in [1.54, 1.807) is 0 Å². The maximum Gasteiger partial charge on any atom is 0.255 e. The molecule has 0 saturated carbocycles. The van der Waals surface area contributed by atoms with E-state index in [0.717, 1.165) is 17.1 Å². The van der Waals surface area contributed by atoms with Crippen molar-refractivity contribution < 1.29 is 0 Å². The fourth-order valence-electron chi connectivity index (χ4n) is 2.37. The Kier molecular flexibility index (Phi) is 3.09. The summed E-state index contributed by atoms with van der Waals surface area (Å²) >= 11 is 5.83. The Morgan fingerprint density at radius 1 is 1.19 bits per heavy atom. The highest BCUT2D eigenvalue weighted by Gasteiger charge is 2.19. The van der Waals surface area contributed by atoms with Crippen molar-refractivity contribution >= 4 is 23.2 Å². The molecule has 0 unspecified atom stereocenters. The average Bonchev–Trinajstić information content (AvgIpc) is 2.92. The van der Waals surface area contributed by atoms with Crippen LogP contribution in [-0.4, -0.2) is 29.4 Å². The molecule has 0 radical (unpaired) electrons. The van der Waals surface area contributed by atoms with Gasteiger partial charge in [-0.2, -0.15) is 14.6 Å². The molecule has 0 saturated heterocycles. The number of aromatic nitrogens is 6. The minimum absolute atomic E-state index is 0.117. The molecule has 8 heteroatoms. The Bertz CT molecular complexity index is 831. The standard InChI is InChI=1S/C13H16ClN7/c1-6(2)9-5-7(3)18-20(9)10-8(4)16-13-17-12(14)19-21(13)11(10)15/h5-6H,15H2,1-4H3. The molecule has 3 aromatic rings. The number of nitrogens with two attached hydrogens (primary N) is 1. The Balaban J connectivity index is 2.34. The first-order valence-corrected chi connectivity index (χ1v) is 7.01. The molecule has 0 bridgehead atoms. The number of nitrogen functional groups attached to an aromatic ring is 1. The van der Waals surface area contributed by atoms with Crippen LogP contribution in [0.1, 0.15) is 36.8 Å². The van der Waals surface area contributed by atoms with Crippen molar-refractivity contribution in [2.24, 2.45) is 0 Å². The van der Waals surface area contributed by atoms with E-state index in [9.17, 15) is 0 Å². The molecule has 110 valence electrons. The van der Waals surface area contributed by atoms with Crippen molar-refractivity contribution in [3.05, 3.63) is 28.4 Å². The van der Waals surface area contributed by atoms with Crippen molar-refractivity contribution in [3.63, 3.8) is 0 Å². The average molecular weight is 306 g/mol. The lowest BCUT2D eigenvalue weighted by Crippen LogP contribution is -2.13. The lowest BCUT2D eigenvalue weighted by atomic mass is 10.1. The van der Waals surface area contributed by atoms with E-state index in [1.165, 1.54) is 4.52 Å². The van der Waals surface area contributed by atoms with Crippen LogP contribution in [0.15, 0.2) is 6.07 Å². The van der Waals surface area contributed by atoms with Gasteiger partial charge in [-0.25, -0.2) is 9.67 Å². The normalized spacial score (nSPS) is 11.7. The van der Waals surface area contributed by atoms with Gasteiger partial charge in [0.25, 0.3) is 5.78 Å². The number of halogens is 1. The van der Waals surface area contributed by atoms with Crippen LogP contribution in [0.5, 0.6) is 0 Å². The van der Waals surface area contributed by atoms with E-state index >= 15 is 0 Å². The Labute approximate surface area is 126 Å². The van der Waals surface area contributed by atoms with Crippen LogP contribution in [0.2, 0.25) is 5.28 Å². The molecule has 0 aliphatic rings. The van der Waals surface area contributed by atoms with Crippen LogP contribution >= 0.6 is 11.6 Å². The number of hydrogen-bond acceptors (Lipinski definition) is 5. The number of anilines is 1. The number of fused-ring (bicyclic) bond motifs is 1. The van der Waals surface area contributed by atoms with E-state index in [2.05, 4.69) is 34.0 Å². The molecule has 0 aliphatic carbocycles. The quantitative estimate of drug-likeness (QED) is 0.785. The van der Waals surface area contributed by atoms with Gasteiger partial charge in [-0.05, 0) is 37.4 Å². The maximum absolute atomic E-state index is 6.24. The van der Waals surface area contributed by atoms with Crippen LogP contribution in [0.3, 0.4) is 0 Å². The SMILES string of the molecule is Cc1cc(C(C)C)n(-c2c(C)nc3nc(Cl)nn3c2N)n1. The zero-order chi connectivity index (χ0) is 15.3. The molecular formula is C13H16ClN7. The summed E-state index contributed by atoms with van der Waals surface area (Å²) in [6.45, 7) is 8.04. The molecule has 3 rings (SSSR count). The highest BCUT2D eigenvalue weighted by molar-refractivity contribution is 6.28. The van der Waals surface area contributed by atoms with E-state index < -0.39 is 0 Å². The van der Waals surface area contributed by atoms with Crippen molar-refractivity contribution in [2.45, 2.75) is 33.6 Å². The zero-order valence-electron chi connectivity index (χ0n) is 12.3. The van der Waals surface area contributed by atoms with Gasteiger partial charge in [-0.3, -0.25) is 0 Å². The molecule has 7 nitrogen and oxygen atoms in total. The van der Waals surface area contributed by atoms with E-state index in [4.69, 9.17) is 17.3 Å². The fraction of sp³-hybridized carbons (Fsp3) is 0.385. The van der Waals surface area contributed by atoms with Crippen LogP contribution in [0, 0.1) is 13.8 Å². The third kappa shape index (κ3) is 2.13. The fourth-order valence-corrected chi connectivity index (χ4v) is 2.52. The third-order valence-corrected chi connectivity index (χ3v) is 3.47. The van der Waals surface area contributed by atoms with Gasteiger partial charge < -0.3 is 5.73 Å². The first-order valence-electron chi connectivity index (χ1n) is 6.63. The lowest BCUT2D eigenvalue weighted by molar-refractivity contribution is 0.721. The smallest absolute Gasteiger partial charge is 0.255 e. The molecule has 2 N–H and O–H groups in total. The van der Waals surface area contributed by atoms with E-state index in [1.807, 2.05) is 24.6 Å². The second-order valence-corrected chi connectivity index (χ2v) is 5.64. The molecule has 3 heterocycles. The summed E-state index contributed by atoms with van der Waals surface area (Å²) < 4.78 is 3.26. The number of nitrogens with zero attached hydrogens (tertiary/aromatic N) is 6. The van der Waals surface area contributed by atoms with Crippen LogP contribution in [0.4, 0.5) is 5.82 Å². The van der Waals surface area contributed by atoms with Gasteiger partial charge in [-0.15, -0.1) is 5.10 Å². The largest absolute Gasteiger partial charge is 0.382 e.